The highest BCUT2D eigenvalue weighted by Gasteiger charge is 2.19. The molecule has 0 fully saturated rings. The van der Waals surface area contributed by atoms with Crippen molar-refractivity contribution in [3.05, 3.63) is 47.0 Å². The van der Waals surface area contributed by atoms with Crippen LogP contribution in [0, 0.1) is 13.8 Å². The molecule has 0 saturated carbocycles. The van der Waals surface area contributed by atoms with Crippen LogP contribution in [0.25, 0.3) is 0 Å². The number of hydrogen-bond donors (Lipinski definition) is 0. The lowest BCUT2D eigenvalue weighted by Crippen LogP contribution is -2.17. The Hall–Kier alpha value is -2.30. The highest BCUT2D eigenvalue weighted by molar-refractivity contribution is 6.00. The minimum atomic E-state index is -0.487. The summed E-state index contributed by atoms with van der Waals surface area (Å²) in [6.07, 6.45) is 1.76. The Morgan fingerprint density at radius 1 is 1.27 bits per heavy atom. The zero-order chi connectivity index (χ0) is 16.4. The van der Waals surface area contributed by atoms with E-state index in [1.54, 1.807) is 29.9 Å². The lowest BCUT2D eigenvalue weighted by Gasteiger charge is -2.13. The third-order valence-corrected chi connectivity index (χ3v) is 3.79. The van der Waals surface area contributed by atoms with E-state index in [9.17, 15) is 9.59 Å². The van der Waals surface area contributed by atoms with E-state index in [1.165, 1.54) is 0 Å². The maximum atomic E-state index is 12.3. The first-order valence-corrected chi connectivity index (χ1v) is 7.33. The summed E-state index contributed by atoms with van der Waals surface area (Å²) >= 11 is 0. The van der Waals surface area contributed by atoms with E-state index >= 15 is 0 Å². The number of hydrogen-bond acceptors (Lipinski definition) is 3. The second-order valence-electron chi connectivity index (χ2n) is 5.75. The quantitative estimate of drug-likeness (QED) is 0.630. The standard InChI is InChI=1S/C17H22N2O3/c1-11(2)19-12(3)9-14(13(19)4)16(20)10-22-17(21)15-7-6-8-18(15)5/h6-9,11H,10H2,1-5H3. The largest absolute Gasteiger partial charge is 0.453 e. The third kappa shape index (κ3) is 2.98. The number of ketones is 1. The molecule has 0 aliphatic heterocycles. The number of aryl methyl sites for hydroxylation is 2. The summed E-state index contributed by atoms with van der Waals surface area (Å²) in [6.45, 7) is 7.79. The molecule has 0 aliphatic carbocycles. The average Bonchev–Trinajstić information content (AvgIpc) is 2.99. The van der Waals surface area contributed by atoms with E-state index in [-0.39, 0.29) is 18.4 Å². The molecule has 0 spiro atoms. The minimum Gasteiger partial charge on any atom is -0.453 e. The van der Waals surface area contributed by atoms with Gasteiger partial charge in [-0.05, 0) is 45.9 Å². The predicted molar refractivity (Wildman–Crippen MR) is 84.3 cm³/mol. The number of rotatable bonds is 5. The van der Waals surface area contributed by atoms with E-state index < -0.39 is 5.97 Å². The lowest BCUT2D eigenvalue weighted by molar-refractivity contribution is 0.0465. The molecule has 22 heavy (non-hydrogen) atoms. The number of esters is 1. The van der Waals surface area contributed by atoms with Gasteiger partial charge in [0.1, 0.15) is 5.69 Å². The van der Waals surface area contributed by atoms with Crippen LogP contribution in [0.4, 0.5) is 0 Å². The SMILES string of the molecule is Cc1cc(C(=O)COC(=O)c2cccn2C)c(C)n1C(C)C. The zero-order valence-electron chi connectivity index (χ0n) is 13.7. The van der Waals surface area contributed by atoms with E-state index in [0.29, 0.717) is 11.3 Å². The Morgan fingerprint density at radius 3 is 2.45 bits per heavy atom. The summed E-state index contributed by atoms with van der Waals surface area (Å²) in [5, 5.41) is 0. The van der Waals surface area contributed by atoms with Crippen LogP contribution < -0.4 is 0 Å². The first-order chi connectivity index (χ1) is 10.3. The van der Waals surface area contributed by atoms with Gasteiger partial charge in [0.25, 0.3) is 0 Å². The van der Waals surface area contributed by atoms with Crippen molar-refractivity contribution in [1.29, 1.82) is 0 Å². The summed E-state index contributed by atoms with van der Waals surface area (Å²) < 4.78 is 8.90. The van der Waals surface area contributed by atoms with Crippen molar-refractivity contribution in [3.8, 4) is 0 Å². The molecule has 0 N–H and O–H groups in total. The molecule has 2 rings (SSSR count). The molecule has 0 unspecified atom stereocenters. The predicted octanol–water partition coefficient (Wildman–Crippen LogP) is 3.06. The fourth-order valence-corrected chi connectivity index (χ4v) is 2.81. The Labute approximate surface area is 130 Å². The van der Waals surface area contributed by atoms with Crippen molar-refractivity contribution in [3.63, 3.8) is 0 Å². The van der Waals surface area contributed by atoms with Gasteiger partial charge >= 0.3 is 5.97 Å². The van der Waals surface area contributed by atoms with E-state index in [4.69, 9.17) is 4.74 Å². The molecule has 118 valence electrons. The van der Waals surface area contributed by atoms with Crippen molar-refractivity contribution in [2.24, 2.45) is 7.05 Å². The molecule has 0 radical (unpaired) electrons. The van der Waals surface area contributed by atoms with E-state index in [1.807, 2.05) is 19.9 Å². The number of nitrogens with zero attached hydrogens (tertiary/aromatic N) is 2. The smallest absolute Gasteiger partial charge is 0.355 e. The first kappa shape index (κ1) is 16.1. The van der Waals surface area contributed by atoms with Crippen molar-refractivity contribution >= 4 is 11.8 Å². The normalized spacial score (nSPS) is 11.0. The second kappa shape index (κ2) is 6.22. The van der Waals surface area contributed by atoms with Crippen LogP contribution in [0.3, 0.4) is 0 Å². The van der Waals surface area contributed by atoms with Gasteiger partial charge in [0.15, 0.2) is 6.61 Å². The van der Waals surface area contributed by atoms with Crippen LogP contribution in [0.1, 0.15) is 52.1 Å². The number of Topliss-reactive ketones (excluding diaryl/α,β-unsaturated/α-hetero) is 1. The summed E-state index contributed by atoms with van der Waals surface area (Å²) in [4.78, 5) is 24.2. The maximum absolute atomic E-state index is 12.3. The van der Waals surface area contributed by atoms with Gasteiger partial charge in [-0.15, -0.1) is 0 Å². The van der Waals surface area contributed by atoms with Crippen LogP contribution in [-0.2, 0) is 11.8 Å². The van der Waals surface area contributed by atoms with Crippen molar-refractivity contribution < 1.29 is 14.3 Å². The summed E-state index contributed by atoms with van der Waals surface area (Å²) in [6, 6.07) is 5.56. The van der Waals surface area contributed by atoms with E-state index in [0.717, 1.165) is 11.4 Å². The van der Waals surface area contributed by atoms with Crippen LogP contribution in [0.2, 0.25) is 0 Å². The highest BCUT2D eigenvalue weighted by atomic mass is 16.5. The fraction of sp³-hybridized carbons (Fsp3) is 0.412. The molecule has 5 nitrogen and oxygen atoms in total. The lowest BCUT2D eigenvalue weighted by atomic mass is 10.1. The molecule has 0 bridgehead atoms. The molecule has 0 aromatic carbocycles. The van der Waals surface area contributed by atoms with E-state index in [2.05, 4.69) is 18.4 Å². The van der Waals surface area contributed by atoms with Gasteiger partial charge in [-0.25, -0.2) is 4.79 Å². The molecule has 0 amide bonds. The van der Waals surface area contributed by atoms with Crippen LogP contribution in [0.5, 0.6) is 0 Å². The van der Waals surface area contributed by atoms with Crippen LogP contribution >= 0.6 is 0 Å². The van der Waals surface area contributed by atoms with Crippen LogP contribution in [-0.4, -0.2) is 27.5 Å². The Morgan fingerprint density at radius 2 is 1.95 bits per heavy atom. The molecule has 2 aromatic rings. The minimum absolute atomic E-state index is 0.178. The number of aromatic nitrogens is 2. The van der Waals surface area contributed by atoms with Gasteiger partial charge < -0.3 is 13.9 Å². The molecule has 2 heterocycles. The van der Waals surface area contributed by atoms with Gasteiger partial charge in [0.05, 0.1) is 0 Å². The molecule has 0 atom stereocenters. The third-order valence-electron chi connectivity index (χ3n) is 3.79. The summed E-state index contributed by atoms with van der Waals surface area (Å²) in [7, 11) is 1.76. The number of ether oxygens (including phenoxy) is 1. The number of carbonyl (C=O) groups excluding carboxylic acids is 2. The van der Waals surface area contributed by atoms with Gasteiger partial charge in [-0.1, -0.05) is 0 Å². The fourth-order valence-electron chi connectivity index (χ4n) is 2.81. The monoisotopic (exact) mass is 302 g/mol. The molecule has 0 aliphatic rings. The van der Waals surface area contributed by atoms with Crippen molar-refractivity contribution in [2.75, 3.05) is 6.61 Å². The average molecular weight is 302 g/mol. The summed E-state index contributed by atoms with van der Waals surface area (Å²) in [5.41, 5.74) is 2.99. The second-order valence-corrected chi connectivity index (χ2v) is 5.75. The topological polar surface area (TPSA) is 53.2 Å². The first-order valence-electron chi connectivity index (χ1n) is 7.33. The number of carbonyl (C=O) groups is 2. The van der Waals surface area contributed by atoms with Gasteiger partial charge in [-0.3, -0.25) is 4.79 Å². The highest BCUT2D eigenvalue weighted by Crippen LogP contribution is 2.20. The Balaban J connectivity index is 2.09. The maximum Gasteiger partial charge on any atom is 0.355 e. The zero-order valence-corrected chi connectivity index (χ0v) is 13.7. The summed E-state index contributed by atoms with van der Waals surface area (Å²) in [5.74, 6) is -0.666. The van der Waals surface area contributed by atoms with Crippen molar-refractivity contribution in [2.45, 2.75) is 33.7 Å². The Kier molecular flexibility index (Phi) is 4.54. The van der Waals surface area contributed by atoms with Gasteiger partial charge in [-0.2, -0.15) is 0 Å². The van der Waals surface area contributed by atoms with Crippen LogP contribution in [0.15, 0.2) is 24.4 Å². The van der Waals surface area contributed by atoms with Gasteiger partial charge in [0.2, 0.25) is 5.78 Å². The molecule has 0 saturated heterocycles. The van der Waals surface area contributed by atoms with Crippen molar-refractivity contribution in [1.82, 2.24) is 9.13 Å². The molecular formula is C17H22N2O3. The Bertz CT molecular complexity index is 708. The molecule has 5 heteroatoms. The van der Waals surface area contributed by atoms with Gasteiger partial charge in [0, 0.05) is 36.2 Å². The molecule has 2 aromatic heterocycles. The molecular weight excluding hydrogens is 280 g/mol.